The molecule has 2 aliphatic heterocycles. The minimum absolute atomic E-state index is 0.276. The molecule has 2 heterocycles. The van der Waals surface area contributed by atoms with Crippen LogP contribution in [-0.2, 0) is 4.74 Å². The monoisotopic (exact) mass is 167 g/mol. The van der Waals surface area contributed by atoms with Gasteiger partial charge in [0.2, 0.25) is 0 Å². The van der Waals surface area contributed by atoms with Crippen molar-refractivity contribution >= 4 is 0 Å². The van der Waals surface area contributed by atoms with E-state index in [1.165, 1.54) is 19.3 Å². The summed E-state index contributed by atoms with van der Waals surface area (Å²) in [6.07, 6.45) is 7.48. The van der Waals surface area contributed by atoms with E-state index in [0.717, 1.165) is 6.42 Å². The van der Waals surface area contributed by atoms with Crippen molar-refractivity contribution < 1.29 is 4.74 Å². The van der Waals surface area contributed by atoms with Gasteiger partial charge in [-0.05, 0) is 25.7 Å². The molecule has 0 aromatic heterocycles. The normalized spacial score (nSPS) is 41.6. The molecule has 2 rings (SSSR count). The van der Waals surface area contributed by atoms with Crippen LogP contribution < -0.4 is 5.73 Å². The summed E-state index contributed by atoms with van der Waals surface area (Å²) in [6, 6.07) is 0.276. The highest BCUT2D eigenvalue weighted by molar-refractivity contribution is 4.95. The summed E-state index contributed by atoms with van der Waals surface area (Å²) >= 11 is 0. The summed E-state index contributed by atoms with van der Waals surface area (Å²) in [4.78, 5) is 0. The average molecular weight is 167 g/mol. The molecule has 0 saturated carbocycles. The zero-order valence-electron chi connectivity index (χ0n) is 7.41. The van der Waals surface area contributed by atoms with Crippen molar-refractivity contribution in [3.8, 4) is 0 Å². The van der Waals surface area contributed by atoms with Crippen molar-refractivity contribution in [3.63, 3.8) is 0 Å². The van der Waals surface area contributed by atoms with Crippen LogP contribution in [0.4, 0.5) is 0 Å². The predicted molar refractivity (Wildman–Crippen MR) is 48.8 cm³/mol. The first-order valence-electron chi connectivity index (χ1n) is 4.83. The molecule has 2 fully saturated rings. The summed E-state index contributed by atoms with van der Waals surface area (Å²) < 4.78 is 5.74. The van der Waals surface area contributed by atoms with Crippen LogP contribution >= 0.6 is 0 Å². The number of ether oxygens (including phenoxy) is 1. The highest BCUT2D eigenvalue weighted by Gasteiger charge is 2.42. The van der Waals surface area contributed by atoms with Crippen LogP contribution in [0.2, 0.25) is 0 Å². The first kappa shape index (κ1) is 8.27. The smallest absolute Gasteiger partial charge is 0.0623 e. The van der Waals surface area contributed by atoms with Gasteiger partial charge in [-0.15, -0.1) is 6.58 Å². The van der Waals surface area contributed by atoms with Gasteiger partial charge in [0.25, 0.3) is 0 Å². The van der Waals surface area contributed by atoms with Gasteiger partial charge in [0.05, 0.1) is 12.2 Å². The molecule has 4 atom stereocenters. The number of hydrogen-bond acceptors (Lipinski definition) is 2. The molecule has 0 aliphatic carbocycles. The molecule has 0 aromatic rings. The van der Waals surface area contributed by atoms with E-state index < -0.39 is 0 Å². The largest absolute Gasteiger partial charge is 0.375 e. The fourth-order valence-electron chi connectivity index (χ4n) is 2.49. The molecule has 2 nitrogen and oxygen atoms in total. The lowest BCUT2D eigenvalue weighted by atomic mass is 9.83. The van der Waals surface area contributed by atoms with Crippen LogP contribution in [0.5, 0.6) is 0 Å². The molecule has 12 heavy (non-hydrogen) atoms. The Morgan fingerprint density at radius 3 is 2.92 bits per heavy atom. The lowest BCUT2D eigenvalue weighted by Crippen LogP contribution is -2.35. The fraction of sp³-hybridized carbons (Fsp3) is 0.800. The highest BCUT2D eigenvalue weighted by atomic mass is 16.5. The van der Waals surface area contributed by atoms with Gasteiger partial charge in [0, 0.05) is 12.0 Å². The maximum Gasteiger partial charge on any atom is 0.0623 e. The van der Waals surface area contributed by atoms with Gasteiger partial charge in [0.15, 0.2) is 0 Å². The second-order valence-electron chi connectivity index (χ2n) is 3.96. The maximum atomic E-state index is 6.02. The van der Waals surface area contributed by atoms with E-state index in [-0.39, 0.29) is 6.04 Å². The topological polar surface area (TPSA) is 35.2 Å². The Morgan fingerprint density at radius 1 is 1.58 bits per heavy atom. The predicted octanol–water partition coefficient (Wildman–Crippen LogP) is 1.46. The third-order valence-electron chi connectivity index (χ3n) is 3.14. The summed E-state index contributed by atoms with van der Waals surface area (Å²) in [5, 5.41) is 0. The van der Waals surface area contributed by atoms with E-state index in [9.17, 15) is 0 Å². The van der Waals surface area contributed by atoms with Crippen molar-refractivity contribution in [2.45, 2.75) is 43.9 Å². The van der Waals surface area contributed by atoms with Crippen molar-refractivity contribution in [1.82, 2.24) is 0 Å². The Morgan fingerprint density at radius 2 is 2.42 bits per heavy atom. The van der Waals surface area contributed by atoms with E-state index in [0.29, 0.717) is 18.1 Å². The minimum Gasteiger partial charge on any atom is -0.375 e. The van der Waals surface area contributed by atoms with Gasteiger partial charge >= 0.3 is 0 Å². The zero-order chi connectivity index (χ0) is 8.55. The van der Waals surface area contributed by atoms with Crippen molar-refractivity contribution in [2.24, 2.45) is 11.7 Å². The lowest BCUT2D eigenvalue weighted by Gasteiger charge is -2.24. The second kappa shape index (κ2) is 3.19. The van der Waals surface area contributed by atoms with Gasteiger partial charge in [-0.25, -0.2) is 0 Å². The molecule has 2 heteroatoms. The third-order valence-corrected chi connectivity index (χ3v) is 3.14. The highest BCUT2D eigenvalue weighted by Crippen LogP contribution is 2.40. The van der Waals surface area contributed by atoms with Crippen LogP contribution in [0.3, 0.4) is 0 Å². The van der Waals surface area contributed by atoms with E-state index >= 15 is 0 Å². The first-order valence-corrected chi connectivity index (χ1v) is 4.83. The Kier molecular flexibility index (Phi) is 2.20. The second-order valence-corrected chi connectivity index (χ2v) is 3.96. The first-order chi connectivity index (χ1) is 5.81. The molecule has 68 valence electrons. The number of rotatable bonds is 3. The van der Waals surface area contributed by atoms with E-state index in [1.54, 1.807) is 0 Å². The van der Waals surface area contributed by atoms with E-state index in [1.807, 2.05) is 6.08 Å². The molecule has 0 aromatic carbocycles. The lowest BCUT2D eigenvalue weighted by molar-refractivity contribution is 0.0886. The number of nitrogens with two attached hydrogens (primary N) is 1. The number of hydrogen-bond donors (Lipinski definition) is 1. The molecular formula is C10H17NO. The fourth-order valence-corrected chi connectivity index (χ4v) is 2.49. The van der Waals surface area contributed by atoms with Crippen LogP contribution in [0.15, 0.2) is 12.7 Å². The maximum absolute atomic E-state index is 6.02. The average Bonchev–Trinajstić information content (AvgIpc) is 2.64. The molecule has 2 N–H and O–H groups in total. The summed E-state index contributed by atoms with van der Waals surface area (Å²) in [6.45, 7) is 3.71. The standard InChI is InChI=1S/C10H17NO/c1-2-3-9(11)8-6-7-4-5-10(8)12-7/h2,7-10H,1,3-6,11H2. The number of fused-ring (bicyclic) bond motifs is 2. The minimum atomic E-state index is 0.276. The summed E-state index contributed by atoms with van der Waals surface area (Å²) in [7, 11) is 0. The molecular weight excluding hydrogens is 150 g/mol. The Bertz CT molecular complexity index is 181. The van der Waals surface area contributed by atoms with Crippen molar-refractivity contribution in [3.05, 3.63) is 12.7 Å². The van der Waals surface area contributed by atoms with Gasteiger partial charge < -0.3 is 10.5 Å². The van der Waals surface area contributed by atoms with Crippen molar-refractivity contribution in [1.29, 1.82) is 0 Å². The van der Waals surface area contributed by atoms with Gasteiger partial charge in [0.1, 0.15) is 0 Å². The van der Waals surface area contributed by atoms with Gasteiger partial charge in [-0.1, -0.05) is 6.08 Å². The molecule has 2 aliphatic rings. The quantitative estimate of drug-likeness (QED) is 0.646. The molecule has 0 spiro atoms. The summed E-state index contributed by atoms with van der Waals surface area (Å²) in [5.41, 5.74) is 6.02. The molecule has 2 saturated heterocycles. The van der Waals surface area contributed by atoms with Gasteiger partial charge in [-0.3, -0.25) is 0 Å². The zero-order valence-corrected chi connectivity index (χ0v) is 7.41. The molecule has 4 unspecified atom stereocenters. The Labute approximate surface area is 73.8 Å². The third kappa shape index (κ3) is 1.29. The Balaban J connectivity index is 1.92. The van der Waals surface area contributed by atoms with Crippen LogP contribution in [0.25, 0.3) is 0 Å². The van der Waals surface area contributed by atoms with Gasteiger partial charge in [-0.2, -0.15) is 0 Å². The molecule has 0 amide bonds. The molecule has 2 bridgehead atoms. The van der Waals surface area contributed by atoms with Crippen LogP contribution in [0.1, 0.15) is 25.7 Å². The summed E-state index contributed by atoms with van der Waals surface area (Å²) in [5.74, 6) is 0.599. The van der Waals surface area contributed by atoms with E-state index in [4.69, 9.17) is 10.5 Å². The SMILES string of the molecule is C=CCC(N)C1CC2CCC1O2. The van der Waals surface area contributed by atoms with E-state index in [2.05, 4.69) is 6.58 Å². The van der Waals surface area contributed by atoms with Crippen molar-refractivity contribution in [2.75, 3.05) is 0 Å². The van der Waals surface area contributed by atoms with Crippen LogP contribution in [0, 0.1) is 5.92 Å². The molecule has 0 radical (unpaired) electrons. The van der Waals surface area contributed by atoms with Crippen LogP contribution in [-0.4, -0.2) is 18.2 Å². The Hall–Kier alpha value is -0.340.